The number of nitrogens with one attached hydrogen (secondary N) is 1. The predicted octanol–water partition coefficient (Wildman–Crippen LogP) is 1.90. The maximum atomic E-state index is 12.4. The molecule has 0 spiro atoms. The summed E-state index contributed by atoms with van der Waals surface area (Å²) in [4.78, 5) is 25.6. The molecule has 4 rings (SSSR count). The van der Waals surface area contributed by atoms with Crippen molar-refractivity contribution in [3.8, 4) is 5.95 Å². The van der Waals surface area contributed by atoms with Crippen molar-refractivity contribution in [2.24, 2.45) is 7.05 Å². The second kappa shape index (κ2) is 8.71. The van der Waals surface area contributed by atoms with Crippen LogP contribution in [0.5, 0.6) is 0 Å². The average Bonchev–Trinajstić information content (AvgIpc) is 3.28. The Kier molecular flexibility index (Phi) is 5.86. The Labute approximate surface area is 168 Å². The average molecular weight is 398 g/mol. The zero-order valence-electron chi connectivity index (χ0n) is 16.7. The molecule has 3 heterocycles. The van der Waals surface area contributed by atoms with Gasteiger partial charge >= 0.3 is 0 Å². The molecule has 0 aliphatic heterocycles. The molecule has 9 nitrogen and oxygen atoms in total. The standard InChI is InChI=1S/C20H26N6O3/c1-25-17-12-22-20(26-8-7-21-13-26)24-19(17)16(11-18(25)27)23-14-3-5-15(6-4-14)29-10-9-28-2/h7-8,11-15,23H,3-6,9-10H2,1-2H3. The lowest BCUT2D eigenvalue weighted by Gasteiger charge is -2.30. The largest absolute Gasteiger partial charge is 0.382 e. The zero-order valence-corrected chi connectivity index (χ0v) is 16.7. The van der Waals surface area contributed by atoms with Gasteiger partial charge in [-0.3, -0.25) is 9.36 Å². The summed E-state index contributed by atoms with van der Waals surface area (Å²) < 4.78 is 14.2. The fourth-order valence-electron chi connectivity index (χ4n) is 3.72. The molecule has 1 fully saturated rings. The van der Waals surface area contributed by atoms with E-state index in [1.54, 1.807) is 54.3 Å². The molecule has 9 heteroatoms. The fraction of sp³-hybridized carbons (Fsp3) is 0.500. The number of methoxy groups -OCH3 is 1. The molecular weight excluding hydrogens is 372 g/mol. The number of fused-ring (bicyclic) bond motifs is 1. The molecule has 0 saturated heterocycles. The van der Waals surface area contributed by atoms with E-state index in [1.807, 2.05) is 0 Å². The number of aromatic nitrogens is 5. The molecule has 3 aromatic heterocycles. The number of nitrogens with zero attached hydrogens (tertiary/aromatic N) is 5. The highest BCUT2D eigenvalue weighted by Gasteiger charge is 2.23. The number of ether oxygens (including phenoxy) is 2. The van der Waals surface area contributed by atoms with Crippen molar-refractivity contribution in [1.82, 2.24) is 24.1 Å². The summed E-state index contributed by atoms with van der Waals surface area (Å²) in [6.07, 6.45) is 11.0. The Bertz CT molecular complexity index is 1010. The smallest absolute Gasteiger partial charge is 0.252 e. The molecule has 0 amide bonds. The summed E-state index contributed by atoms with van der Waals surface area (Å²) in [6.45, 7) is 1.25. The number of pyridine rings is 1. The van der Waals surface area contributed by atoms with Gasteiger partial charge in [0.1, 0.15) is 11.8 Å². The van der Waals surface area contributed by atoms with Gasteiger partial charge in [0.15, 0.2) is 0 Å². The van der Waals surface area contributed by atoms with Crippen molar-refractivity contribution >= 4 is 16.7 Å². The van der Waals surface area contributed by atoms with E-state index < -0.39 is 0 Å². The lowest BCUT2D eigenvalue weighted by atomic mass is 9.92. The number of anilines is 1. The summed E-state index contributed by atoms with van der Waals surface area (Å²) >= 11 is 0. The Balaban J connectivity index is 1.55. The number of aryl methyl sites for hydroxylation is 1. The molecule has 0 radical (unpaired) electrons. The van der Waals surface area contributed by atoms with Gasteiger partial charge in [0.25, 0.3) is 5.56 Å². The van der Waals surface area contributed by atoms with Crippen molar-refractivity contribution in [3.05, 3.63) is 41.3 Å². The van der Waals surface area contributed by atoms with Crippen LogP contribution >= 0.6 is 0 Å². The van der Waals surface area contributed by atoms with Gasteiger partial charge in [-0.25, -0.2) is 15.0 Å². The number of hydrogen-bond acceptors (Lipinski definition) is 7. The first-order valence-electron chi connectivity index (χ1n) is 9.88. The lowest BCUT2D eigenvalue weighted by Crippen LogP contribution is -2.31. The lowest BCUT2D eigenvalue weighted by molar-refractivity contribution is -0.00154. The number of rotatable bonds is 7. The summed E-state index contributed by atoms with van der Waals surface area (Å²) in [7, 11) is 3.41. The van der Waals surface area contributed by atoms with E-state index in [2.05, 4.69) is 15.3 Å². The Morgan fingerprint density at radius 1 is 1.24 bits per heavy atom. The third-order valence-electron chi connectivity index (χ3n) is 5.38. The van der Waals surface area contributed by atoms with Crippen LogP contribution in [0, 0.1) is 0 Å². The summed E-state index contributed by atoms with van der Waals surface area (Å²) in [5.41, 5.74) is 2.08. The van der Waals surface area contributed by atoms with Crippen LogP contribution in [0.1, 0.15) is 25.7 Å². The third kappa shape index (κ3) is 4.30. The molecule has 1 aliphatic rings. The first-order chi connectivity index (χ1) is 14.2. The monoisotopic (exact) mass is 398 g/mol. The van der Waals surface area contributed by atoms with Gasteiger partial charge in [-0.05, 0) is 25.7 Å². The van der Waals surface area contributed by atoms with E-state index in [0.717, 1.165) is 36.9 Å². The van der Waals surface area contributed by atoms with Gasteiger partial charge in [-0.2, -0.15) is 0 Å². The fourth-order valence-corrected chi connectivity index (χ4v) is 3.72. The molecule has 0 bridgehead atoms. The number of imidazole rings is 1. The van der Waals surface area contributed by atoms with Crippen molar-refractivity contribution in [2.45, 2.75) is 37.8 Å². The quantitative estimate of drug-likeness (QED) is 0.607. The molecular formula is C20H26N6O3. The van der Waals surface area contributed by atoms with Crippen LogP contribution in [0.15, 0.2) is 35.8 Å². The highest BCUT2D eigenvalue weighted by molar-refractivity contribution is 5.87. The highest BCUT2D eigenvalue weighted by Crippen LogP contribution is 2.27. The van der Waals surface area contributed by atoms with Crippen LogP contribution in [0.2, 0.25) is 0 Å². The molecule has 1 N–H and O–H groups in total. The van der Waals surface area contributed by atoms with Crippen LogP contribution < -0.4 is 10.9 Å². The normalized spacial score (nSPS) is 19.5. The minimum atomic E-state index is -0.0874. The van der Waals surface area contributed by atoms with Gasteiger partial charge in [0.05, 0.1) is 36.7 Å². The van der Waals surface area contributed by atoms with Crippen molar-refractivity contribution in [3.63, 3.8) is 0 Å². The summed E-state index contributed by atoms with van der Waals surface area (Å²) in [5, 5.41) is 3.54. The minimum absolute atomic E-state index is 0.0874. The van der Waals surface area contributed by atoms with Gasteiger partial charge in [-0.1, -0.05) is 0 Å². The Morgan fingerprint density at radius 2 is 2.07 bits per heavy atom. The van der Waals surface area contributed by atoms with Gasteiger partial charge in [0, 0.05) is 38.7 Å². The molecule has 29 heavy (non-hydrogen) atoms. The molecule has 1 saturated carbocycles. The first-order valence-corrected chi connectivity index (χ1v) is 9.88. The van der Waals surface area contributed by atoms with E-state index in [1.165, 1.54) is 0 Å². The molecule has 154 valence electrons. The van der Waals surface area contributed by atoms with Crippen LogP contribution in [-0.4, -0.2) is 56.6 Å². The van der Waals surface area contributed by atoms with E-state index in [0.29, 0.717) is 24.7 Å². The highest BCUT2D eigenvalue weighted by atomic mass is 16.5. The van der Waals surface area contributed by atoms with E-state index in [-0.39, 0.29) is 17.7 Å². The second-order valence-corrected chi connectivity index (χ2v) is 7.31. The molecule has 1 aliphatic carbocycles. The van der Waals surface area contributed by atoms with Crippen LogP contribution in [0.25, 0.3) is 17.0 Å². The zero-order chi connectivity index (χ0) is 20.2. The maximum Gasteiger partial charge on any atom is 0.252 e. The van der Waals surface area contributed by atoms with Gasteiger partial charge in [-0.15, -0.1) is 0 Å². The SMILES string of the molecule is COCCOC1CCC(Nc2cc(=O)n(C)c3cnc(-n4ccnc4)nc23)CC1. The summed E-state index contributed by atoms with van der Waals surface area (Å²) in [5.74, 6) is 0.520. The second-order valence-electron chi connectivity index (χ2n) is 7.31. The van der Waals surface area contributed by atoms with Crippen molar-refractivity contribution in [1.29, 1.82) is 0 Å². The number of hydrogen-bond donors (Lipinski definition) is 1. The third-order valence-corrected chi connectivity index (χ3v) is 5.38. The van der Waals surface area contributed by atoms with Gasteiger partial charge < -0.3 is 19.4 Å². The van der Waals surface area contributed by atoms with Crippen LogP contribution in [-0.2, 0) is 16.5 Å². The van der Waals surface area contributed by atoms with Crippen molar-refractivity contribution in [2.75, 3.05) is 25.6 Å². The Morgan fingerprint density at radius 3 is 2.79 bits per heavy atom. The van der Waals surface area contributed by atoms with E-state index >= 15 is 0 Å². The summed E-state index contributed by atoms with van der Waals surface area (Å²) in [6, 6.07) is 1.90. The minimum Gasteiger partial charge on any atom is -0.382 e. The molecule has 3 aromatic rings. The molecule has 0 aromatic carbocycles. The van der Waals surface area contributed by atoms with Crippen LogP contribution in [0.3, 0.4) is 0 Å². The predicted molar refractivity (Wildman–Crippen MR) is 109 cm³/mol. The maximum absolute atomic E-state index is 12.4. The first kappa shape index (κ1) is 19.5. The molecule has 0 atom stereocenters. The topological polar surface area (TPSA) is 96.1 Å². The van der Waals surface area contributed by atoms with Crippen LogP contribution in [0.4, 0.5) is 5.69 Å². The Hall–Kier alpha value is -2.78. The molecule has 0 unspecified atom stereocenters. The van der Waals surface area contributed by atoms with Crippen molar-refractivity contribution < 1.29 is 9.47 Å². The van der Waals surface area contributed by atoms with E-state index in [9.17, 15) is 4.79 Å². The van der Waals surface area contributed by atoms with Gasteiger partial charge in [0.2, 0.25) is 5.95 Å². The van der Waals surface area contributed by atoms with E-state index in [4.69, 9.17) is 14.5 Å².